The molecule has 86 valence electrons. The van der Waals surface area contributed by atoms with Crippen LogP contribution in [-0.2, 0) is 0 Å². The second kappa shape index (κ2) is 3.49. The number of methoxy groups -OCH3 is 1. The molecule has 0 radical (unpaired) electrons. The van der Waals surface area contributed by atoms with E-state index in [1.165, 1.54) is 6.33 Å². The number of aromatic amines is 1. The molecule has 3 rings (SSSR count). The van der Waals surface area contributed by atoms with Crippen LogP contribution in [0.4, 0.5) is 5.82 Å². The zero-order chi connectivity index (χ0) is 12.0. The van der Waals surface area contributed by atoms with Gasteiger partial charge in [-0.25, -0.2) is 9.97 Å². The maximum absolute atomic E-state index is 6.04. The minimum atomic E-state index is 0.422. The Morgan fingerprint density at radius 2 is 2.18 bits per heavy atom. The van der Waals surface area contributed by atoms with Gasteiger partial charge in [0.1, 0.15) is 23.5 Å². The molecular formula is C11H9ClN4O. The van der Waals surface area contributed by atoms with Crippen molar-refractivity contribution in [1.29, 1.82) is 0 Å². The molecule has 0 atom stereocenters. The highest BCUT2D eigenvalue weighted by atomic mass is 35.5. The first kappa shape index (κ1) is 10.2. The average molecular weight is 249 g/mol. The fourth-order valence-electron chi connectivity index (χ4n) is 1.95. The molecule has 17 heavy (non-hydrogen) atoms. The summed E-state index contributed by atoms with van der Waals surface area (Å²) in [7, 11) is 1.59. The van der Waals surface area contributed by atoms with Crippen LogP contribution in [0.15, 0.2) is 18.5 Å². The smallest absolute Gasteiger partial charge is 0.144 e. The van der Waals surface area contributed by atoms with Crippen LogP contribution < -0.4 is 10.5 Å². The number of nitrogens with one attached hydrogen (secondary N) is 1. The second-order valence-corrected chi connectivity index (χ2v) is 4.07. The van der Waals surface area contributed by atoms with E-state index >= 15 is 0 Å². The standard InChI is InChI=1S/C11H9ClN4O/c1-17-7-3-5(12)2-6-8-10(13)14-4-15-11(8)16-9(6)7/h2-4H,1H3,(H3,13,14,15,16). The number of ether oxygens (including phenoxy) is 1. The molecule has 0 spiro atoms. The van der Waals surface area contributed by atoms with E-state index in [1.807, 2.05) is 6.07 Å². The molecule has 0 fully saturated rings. The molecule has 0 bridgehead atoms. The molecule has 0 aliphatic rings. The van der Waals surface area contributed by atoms with Gasteiger partial charge in [0.15, 0.2) is 0 Å². The van der Waals surface area contributed by atoms with Crippen molar-refractivity contribution in [2.24, 2.45) is 0 Å². The number of hydrogen-bond donors (Lipinski definition) is 2. The predicted molar refractivity (Wildman–Crippen MR) is 67.4 cm³/mol. The van der Waals surface area contributed by atoms with Crippen LogP contribution in [0.1, 0.15) is 0 Å². The number of fused-ring (bicyclic) bond motifs is 3. The minimum absolute atomic E-state index is 0.422. The fourth-order valence-corrected chi connectivity index (χ4v) is 2.16. The molecule has 2 aromatic heterocycles. The zero-order valence-electron chi connectivity index (χ0n) is 8.99. The summed E-state index contributed by atoms with van der Waals surface area (Å²) in [5.41, 5.74) is 7.35. The van der Waals surface area contributed by atoms with Crippen LogP contribution in [0.3, 0.4) is 0 Å². The summed E-state index contributed by atoms with van der Waals surface area (Å²) in [4.78, 5) is 11.3. The lowest BCUT2D eigenvalue weighted by Gasteiger charge is -2.02. The molecule has 0 amide bonds. The number of benzene rings is 1. The summed E-state index contributed by atoms with van der Waals surface area (Å²) < 4.78 is 5.27. The van der Waals surface area contributed by atoms with Crippen LogP contribution in [0.25, 0.3) is 21.9 Å². The number of hydrogen-bond acceptors (Lipinski definition) is 4. The van der Waals surface area contributed by atoms with E-state index in [4.69, 9.17) is 22.1 Å². The molecule has 3 N–H and O–H groups in total. The number of nitrogen functional groups attached to an aromatic ring is 1. The lowest BCUT2D eigenvalue weighted by molar-refractivity contribution is 0.419. The Bertz CT molecular complexity index is 722. The van der Waals surface area contributed by atoms with Gasteiger partial charge in [-0.3, -0.25) is 0 Å². The minimum Gasteiger partial charge on any atom is -0.494 e. The maximum atomic E-state index is 6.04. The molecule has 5 nitrogen and oxygen atoms in total. The highest BCUT2D eigenvalue weighted by Gasteiger charge is 2.13. The van der Waals surface area contributed by atoms with Crippen LogP contribution in [-0.4, -0.2) is 22.1 Å². The van der Waals surface area contributed by atoms with Gasteiger partial charge in [-0.1, -0.05) is 11.6 Å². The Hall–Kier alpha value is -2.01. The van der Waals surface area contributed by atoms with E-state index in [2.05, 4.69) is 15.0 Å². The topological polar surface area (TPSA) is 76.8 Å². The van der Waals surface area contributed by atoms with Crippen LogP contribution in [0.5, 0.6) is 5.75 Å². The van der Waals surface area contributed by atoms with Gasteiger partial charge in [0.05, 0.1) is 18.0 Å². The van der Waals surface area contributed by atoms with Gasteiger partial charge in [-0.05, 0) is 6.07 Å². The molecule has 0 unspecified atom stereocenters. The molecule has 6 heteroatoms. The van der Waals surface area contributed by atoms with Gasteiger partial charge in [-0.15, -0.1) is 0 Å². The summed E-state index contributed by atoms with van der Waals surface area (Å²) in [5.74, 6) is 1.08. The average Bonchev–Trinajstić information content (AvgIpc) is 2.67. The van der Waals surface area contributed by atoms with Crippen molar-refractivity contribution in [1.82, 2.24) is 15.0 Å². The van der Waals surface area contributed by atoms with Crippen molar-refractivity contribution < 1.29 is 4.74 Å². The molecule has 0 aliphatic carbocycles. The highest BCUT2D eigenvalue weighted by molar-refractivity contribution is 6.32. The Morgan fingerprint density at radius 3 is 2.94 bits per heavy atom. The number of anilines is 1. The van der Waals surface area contributed by atoms with E-state index in [1.54, 1.807) is 13.2 Å². The van der Waals surface area contributed by atoms with E-state index in [0.29, 0.717) is 22.2 Å². The van der Waals surface area contributed by atoms with Gasteiger partial charge in [0, 0.05) is 16.5 Å². The summed E-state index contributed by atoms with van der Waals surface area (Å²) in [6, 6.07) is 3.56. The second-order valence-electron chi connectivity index (χ2n) is 3.64. The largest absolute Gasteiger partial charge is 0.494 e. The van der Waals surface area contributed by atoms with Gasteiger partial charge < -0.3 is 15.5 Å². The number of halogens is 1. The van der Waals surface area contributed by atoms with Crippen molar-refractivity contribution in [3.8, 4) is 5.75 Å². The van der Waals surface area contributed by atoms with E-state index < -0.39 is 0 Å². The summed E-state index contributed by atoms with van der Waals surface area (Å²) in [6.07, 6.45) is 1.42. The van der Waals surface area contributed by atoms with Gasteiger partial charge in [-0.2, -0.15) is 0 Å². The monoisotopic (exact) mass is 248 g/mol. The third-order valence-corrected chi connectivity index (χ3v) is 2.89. The quantitative estimate of drug-likeness (QED) is 0.693. The lowest BCUT2D eigenvalue weighted by Crippen LogP contribution is -1.91. The first-order valence-corrected chi connectivity index (χ1v) is 5.34. The molecule has 1 aromatic carbocycles. The van der Waals surface area contributed by atoms with Crippen LogP contribution >= 0.6 is 11.6 Å². The van der Waals surface area contributed by atoms with Gasteiger partial charge >= 0.3 is 0 Å². The number of nitrogens with two attached hydrogens (primary N) is 1. The Morgan fingerprint density at radius 1 is 1.35 bits per heavy atom. The van der Waals surface area contributed by atoms with E-state index in [0.717, 1.165) is 16.3 Å². The summed E-state index contributed by atoms with van der Waals surface area (Å²) >= 11 is 6.04. The van der Waals surface area contributed by atoms with Crippen molar-refractivity contribution in [3.05, 3.63) is 23.5 Å². The first-order chi connectivity index (χ1) is 8.20. The normalized spacial score (nSPS) is 11.2. The molecular weight excluding hydrogens is 240 g/mol. The van der Waals surface area contributed by atoms with E-state index in [-0.39, 0.29) is 0 Å². The Balaban J connectivity index is 2.57. The van der Waals surface area contributed by atoms with Crippen molar-refractivity contribution >= 4 is 39.4 Å². The number of H-pyrrole nitrogens is 1. The zero-order valence-corrected chi connectivity index (χ0v) is 9.75. The maximum Gasteiger partial charge on any atom is 0.144 e. The highest BCUT2D eigenvalue weighted by Crippen LogP contribution is 2.35. The number of aromatic nitrogens is 3. The summed E-state index contributed by atoms with van der Waals surface area (Å²) in [6.45, 7) is 0. The first-order valence-electron chi connectivity index (χ1n) is 4.96. The van der Waals surface area contributed by atoms with Crippen LogP contribution in [0, 0.1) is 0 Å². The number of nitrogens with zero attached hydrogens (tertiary/aromatic N) is 2. The lowest BCUT2D eigenvalue weighted by atomic mass is 10.2. The molecule has 0 saturated carbocycles. The van der Waals surface area contributed by atoms with Crippen molar-refractivity contribution in [3.63, 3.8) is 0 Å². The molecule has 2 heterocycles. The van der Waals surface area contributed by atoms with Crippen molar-refractivity contribution in [2.45, 2.75) is 0 Å². The molecule has 0 aliphatic heterocycles. The van der Waals surface area contributed by atoms with Crippen molar-refractivity contribution in [2.75, 3.05) is 12.8 Å². The Labute approximate surface area is 102 Å². The predicted octanol–water partition coefficient (Wildman–Crippen LogP) is 2.36. The van der Waals surface area contributed by atoms with E-state index in [9.17, 15) is 0 Å². The third-order valence-electron chi connectivity index (χ3n) is 2.68. The fraction of sp³-hybridized carbons (Fsp3) is 0.0909. The SMILES string of the molecule is COc1cc(Cl)cc2c1[nH]c1ncnc(N)c12. The van der Waals surface area contributed by atoms with Gasteiger partial charge in [0.25, 0.3) is 0 Å². The third kappa shape index (κ3) is 1.39. The molecule has 3 aromatic rings. The van der Waals surface area contributed by atoms with Crippen LogP contribution in [0.2, 0.25) is 5.02 Å². The van der Waals surface area contributed by atoms with Gasteiger partial charge in [0.2, 0.25) is 0 Å². The molecule has 0 saturated heterocycles. The summed E-state index contributed by atoms with van der Waals surface area (Å²) in [5, 5.41) is 2.21. The Kier molecular flexibility index (Phi) is 2.09. The number of rotatable bonds is 1.